The van der Waals surface area contributed by atoms with Gasteiger partial charge < -0.3 is 10.6 Å². The first-order valence-corrected chi connectivity index (χ1v) is 9.30. The monoisotopic (exact) mass is 420 g/mol. The van der Waals surface area contributed by atoms with Crippen LogP contribution in [0, 0.1) is 0 Å². The molecule has 0 aromatic heterocycles. The summed E-state index contributed by atoms with van der Waals surface area (Å²) in [5.41, 5.74) is -0.477. The molecular formula is C19H15F3N4O2S. The SMILES string of the molecule is O=C(CC1S/C(=N\N=C\c2ccccc2)NC1=O)Nc1ccccc1C(F)(F)F. The molecule has 150 valence electrons. The number of nitrogens with zero attached hydrogens (tertiary/aromatic N) is 2. The number of amides is 2. The zero-order valence-corrected chi connectivity index (χ0v) is 15.6. The Kier molecular flexibility index (Phi) is 6.32. The van der Waals surface area contributed by atoms with Gasteiger partial charge in [0.1, 0.15) is 5.25 Å². The smallest absolute Gasteiger partial charge is 0.325 e. The van der Waals surface area contributed by atoms with Crippen LogP contribution in [0.5, 0.6) is 0 Å². The van der Waals surface area contributed by atoms with E-state index in [1.807, 2.05) is 30.3 Å². The molecule has 2 amide bonds. The number of thioether (sulfide) groups is 1. The fourth-order valence-corrected chi connectivity index (χ4v) is 3.41. The van der Waals surface area contributed by atoms with Crippen LogP contribution in [0.25, 0.3) is 0 Å². The first-order valence-electron chi connectivity index (χ1n) is 8.42. The van der Waals surface area contributed by atoms with Gasteiger partial charge in [0.25, 0.3) is 0 Å². The number of para-hydroxylation sites is 1. The van der Waals surface area contributed by atoms with Crippen LogP contribution >= 0.6 is 11.8 Å². The molecule has 0 spiro atoms. The number of hydrogen-bond acceptors (Lipinski definition) is 5. The number of alkyl halides is 3. The molecule has 1 aliphatic rings. The first kappa shape index (κ1) is 20.6. The Hall–Kier alpha value is -3.14. The Morgan fingerprint density at radius 2 is 1.83 bits per heavy atom. The number of carbonyl (C=O) groups is 2. The van der Waals surface area contributed by atoms with E-state index in [2.05, 4.69) is 20.8 Å². The predicted molar refractivity (Wildman–Crippen MR) is 106 cm³/mol. The van der Waals surface area contributed by atoms with Crippen molar-refractivity contribution >= 4 is 40.6 Å². The lowest BCUT2D eigenvalue weighted by Gasteiger charge is -2.14. The molecule has 29 heavy (non-hydrogen) atoms. The van der Waals surface area contributed by atoms with Gasteiger partial charge in [-0.1, -0.05) is 54.2 Å². The van der Waals surface area contributed by atoms with Gasteiger partial charge in [-0.25, -0.2) is 0 Å². The maximum absolute atomic E-state index is 13.0. The second-order valence-corrected chi connectivity index (χ2v) is 7.14. The number of halogens is 3. The second-order valence-electron chi connectivity index (χ2n) is 5.95. The predicted octanol–water partition coefficient (Wildman–Crippen LogP) is 3.66. The summed E-state index contributed by atoms with van der Waals surface area (Å²) in [5.74, 6) is -1.16. The normalized spacial score (nSPS) is 18.2. The van der Waals surface area contributed by atoms with Gasteiger partial charge in [-0.3, -0.25) is 9.59 Å². The molecule has 10 heteroatoms. The molecule has 1 aliphatic heterocycles. The minimum Gasteiger partial charge on any atom is -0.325 e. The minimum absolute atomic E-state index is 0.218. The Morgan fingerprint density at radius 1 is 1.14 bits per heavy atom. The van der Waals surface area contributed by atoms with E-state index in [-0.39, 0.29) is 17.3 Å². The van der Waals surface area contributed by atoms with Crippen LogP contribution in [-0.2, 0) is 15.8 Å². The summed E-state index contributed by atoms with van der Waals surface area (Å²) in [6.45, 7) is 0. The van der Waals surface area contributed by atoms with E-state index in [1.54, 1.807) is 0 Å². The average molecular weight is 420 g/mol. The first-order chi connectivity index (χ1) is 13.8. The van der Waals surface area contributed by atoms with Crippen LogP contribution in [0.2, 0.25) is 0 Å². The fourth-order valence-electron chi connectivity index (χ4n) is 2.48. The number of anilines is 1. The summed E-state index contributed by atoms with van der Waals surface area (Å²) >= 11 is 0.995. The molecule has 2 aromatic carbocycles. The van der Waals surface area contributed by atoms with Crippen molar-refractivity contribution in [1.29, 1.82) is 0 Å². The van der Waals surface area contributed by atoms with E-state index in [9.17, 15) is 22.8 Å². The number of benzene rings is 2. The van der Waals surface area contributed by atoms with Crippen molar-refractivity contribution in [2.75, 3.05) is 5.32 Å². The standard InChI is InChI=1S/C19H15F3N4O2S/c20-19(21,22)13-8-4-5-9-14(13)24-16(27)10-15-17(28)25-18(29-15)26-23-11-12-6-2-1-3-7-12/h1-9,11,15H,10H2,(H,24,27)(H,25,26,28)/b23-11+. The summed E-state index contributed by atoms with van der Waals surface area (Å²) in [6.07, 6.45) is -3.39. The van der Waals surface area contributed by atoms with Gasteiger partial charge >= 0.3 is 6.18 Å². The van der Waals surface area contributed by atoms with Gasteiger partial charge in [-0.2, -0.15) is 18.3 Å². The van der Waals surface area contributed by atoms with Gasteiger partial charge in [-0.05, 0) is 17.7 Å². The molecule has 0 aliphatic carbocycles. The molecular weight excluding hydrogens is 405 g/mol. The largest absolute Gasteiger partial charge is 0.418 e. The number of rotatable bonds is 5. The lowest BCUT2D eigenvalue weighted by molar-refractivity contribution is -0.137. The van der Waals surface area contributed by atoms with Gasteiger partial charge in [0, 0.05) is 6.42 Å². The lowest BCUT2D eigenvalue weighted by atomic mass is 10.1. The second kappa shape index (κ2) is 8.91. The van der Waals surface area contributed by atoms with E-state index in [1.165, 1.54) is 18.3 Å². The van der Waals surface area contributed by atoms with Crippen LogP contribution in [0.3, 0.4) is 0 Å². The van der Waals surface area contributed by atoms with Gasteiger partial charge in [0.05, 0.1) is 17.5 Å². The minimum atomic E-state index is -4.60. The molecule has 1 saturated heterocycles. The molecule has 0 saturated carbocycles. The number of hydrogen-bond donors (Lipinski definition) is 2. The molecule has 1 atom stereocenters. The lowest BCUT2D eigenvalue weighted by Crippen LogP contribution is -2.28. The summed E-state index contributed by atoms with van der Waals surface area (Å²) in [4.78, 5) is 24.2. The Morgan fingerprint density at radius 3 is 2.55 bits per heavy atom. The highest BCUT2D eigenvalue weighted by Crippen LogP contribution is 2.34. The van der Waals surface area contributed by atoms with Crippen LogP contribution < -0.4 is 10.6 Å². The zero-order chi connectivity index (χ0) is 20.9. The van der Waals surface area contributed by atoms with E-state index in [0.717, 1.165) is 29.5 Å². The third-order valence-corrected chi connectivity index (χ3v) is 4.88. The maximum Gasteiger partial charge on any atom is 0.418 e. The van der Waals surface area contributed by atoms with Crippen LogP contribution in [0.15, 0.2) is 64.8 Å². The average Bonchev–Trinajstić information content (AvgIpc) is 3.01. The fraction of sp³-hybridized carbons (Fsp3) is 0.158. The van der Waals surface area contributed by atoms with Gasteiger partial charge in [-0.15, -0.1) is 5.10 Å². The molecule has 2 aromatic rings. The summed E-state index contributed by atoms with van der Waals surface area (Å²) < 4.78 is 39.0. The van der Waals surface area contributed by atoms with Crippen molar-refractivity contribution in [3.63, 3.8) is 0 Å². The number of carbonyl (C=O) groups excluding carboxylic acids is 2. The highest BCUT2D eigenvalue weighted by atomic mass is 32.2. The topological polar surface area (TPSA) is 82.9 Å². The molecule has 2 N–H and O–H groups in total. The van der Waals surface area contributed by atoms with Crippen molar-refractivity contribution in [3.05, 3.63) is 65.7 Å². The Balaban J connectivity index is 1.60. The summed E-state index contributed by atoms with van der Waals surface area (Å²) in [7, 11) is 0. The molecule has 0 radical (unpaired) electrons. The highest BCUT2D eigenvalue weighted by Gasteiger charge is 2.35. The van der Waals surface area contributed by atoms with Crippen LogP contribution in [-0.4, -0.2) is 28.4 Å². The Bertz CT molecular complexity index is 961. The van der Waals surface area contributed by atoms with E-state index >= 15 is 0 Å². The van der Waals surface area contributed by atoms with Crippen molar-refractivity contribution in [3.8, 4) is 0 Å². The van der Waals surface area contributed by atoms with Crippen molar-refractivity contribution in [2.24, 2.45) is 10.2 Å². The Labute approximate surface area is 168 Å². The van der Waals surface area contributed by atoms with Crippen molar-refractivity contribution in [2.45, 2.75) is 17.8 Å². The van der Waals surface area contributed by atoms with Crippen molar-refractivity contribution < 1.29 is 22.8 Å². The third kappa shape index (κ3) is 5.67. The van der Waals surface area contributed by atoms with E-state index in [4.69, 9.17) is 0 Å². The molecule has 0 bridgehead atoms. The van der Waals surface area contributed by atoms with Crippen molar-refractivity contribution in [1.82, 2.24) is 5.32 Å². The van der Waals surface area contributed by atoms with Gasteiger partial charge in [0.2, 0.25) is 11.8 Å². The van der Waals surface area contributed by atoms with E-state index < -0.39 is 28.8 Å². The molecule has 3 rings (SSSR count). The summed E-state index contributed by atoms with van der Waals surface area (Å²) in [5, 5.41) is 11.9. The number of nitrogens with one attached hydrogen (secondary N) is 2. The molecule has 6 nitrogen and oxygen atoms in total. The maximum atomic E-state index is 13.0. The van der Waals surface area contributed by atoms with E-state index in [0.29, 0.717) is 0 Å². The van der Waals surface area contributed by atoms with Crippen LogP contribution in [0.4, 0.5) is 18.9 Å². The zero-order valence-electron chi connectivity index (χ0n) is 14.8. The third-order valence-electron chi connectivity index (χ3n) is 3.81. The molecule has 1 heterocycles. The van der Waals surface area contributed by atoms with Gasteiger partial charge in [0.15, 0.2) is 5.17 Å². The number of amidine groups is 1. The van der Waals surface area contributed by atoms with Crippen LogP contribution in [0.1, 0.15) is 17.5 Å². The quantitative estimate of drug-likeness (QED) is 0.572. The molecule has 1 fully saturated rings. The highest BCUT2D eigenvalue weighted by molar-refractivity contribution is 8.15. The molecule has 1 unspecified atom stereocenters. The summed E-state index contributed by atoms with van der Waals surface area (Å²) in [6, 6.07) is 13.9.